The second-order valence-electron chi connectivity index (χ2n) is 8.05. The molecule has 0 unspecified atom stereocenters. The first kappa shape index (κ1) is 21.6. The summed E-state index contributed by atoms with van der Waals surface area (Å²) >= 11 is 5.99. The average molecular weight is 428 g/mol. The van der Waals surface area contributed by atoms with E-state index in [1.807, 2.05) is 0 Å². The van der Waals surface area contributed by atoms with Gasteiger partial charge in [0.05, 0.1) is 10.3 Å². The molecule has 0 bridgehead atoms. The fourth-order valence-corrected chi connectivity index (χ4v) is 5.57. The summed E-state index contributed by atoms with van der Waals surface area (Å²) in [5, 5.41) is 4.40. The number of fused-ring (bicyclic) bond motifs is 1. The van der Waals surface area contributed by atoms with Gasteiger partial charge in [-0.2, -0.15) is 4.31 Å². The third kappa shape index (κ3) is 4.87. The van der Waals surface area contributed by atoms with E-state index in [9.17, 15) is 8.42 Å². The van der Waals surface area contributed by atoms with Gasteiger partial charge in [-0.25, -0.2) is 8.42 Å². The Hall–Kier alpha value is -1.15. The highest BCUT2D eigenvalue weighted by Crippen LogP contribution is 2.29. The maximum atomic E-state index is 13.0. The van der Waals surface area contributed by atoms with E-state index in [0.29, 0.717) is 35.9 Å². The van der Waals surface area contributed by atoms with Crippen LogP contribution in [0, 0.1) is 11.8 Å². The number of halogens is 1. The van der Waals surface area contributed by atoms with E-state index in [1.165, 1.54) is 0 Å². The van der Waals surface area contributed by atoms with Gasteiger partial charge in [0, 0.05) is 19.6 Å². The smallest absolute Gasteiger partial charge is 0.243 e. The minimum atomic E-state index is -3.53. The molecule has 0 aliphatic carbocycles. The van der Waals surface area contributed by atoms with Crippen molar-refractivity contribution in [2.75, 3.05) is 32.7 Å². The Bertz CT molecular complexity index is 889. The van der Waals surface area contributed by atoms with E-state index in [4.69, 9.17) is 16.1 Å². The molecule has 1 aliphatic rings. The summed E-state index contributed by atoms with van der Waals surface area (Å²) in [6.07, 6.45) is 2.96. The molecule has 0 saturated carbocycles. The Morgan fingerprint density at radius 2 is 2.04 bits per heavy atom. The van der Waals surface area contributed by atoms with Crippen LogP contribution in [0.1, 0.15) is 40.0 Å². The van der Waals surface area contributed by atoms with E-state index in [-0.39, 0.29) is 10.0 Å². The van der Waals surface area contributed by atoms with Crippen LogP contribution in [-0.2, 0) is 10.0 Å². The van der Waals surface area contributed by atoms with Crippen molar-refractivity contribution in [3.05, 3.63) is 23.4 Å². The van der Waals surface area contributed by atoms with Crippen LogP contribution >= 0.6 is 11.6 Å². The predicted octanol–water partition coefficient (Wildman–Crippen LogP) is 4.25. The Morgan fingerprint density at radius 1 is 1.32 bits per heavy atom. The van der Waals surface area contributed by atoms with Crippen molar-refractivity contribution >= 4 is 32.6 Å². The number of benzene rings is 1. The maximum Gasteiger partial charge on any atom is 0.243 e. The Morgan fingerprint density at radius 3 is 2.68 bits per heavy atom. The number of sulfonamides is 1. The molecule has 1 fully saturated rings. The van der Waals surface area contributed by atoms with Crippen LogP contribution in [0.4, 0.5) is 0 Å². The van der Waals surface area contributed by atoms with Gasteiger partial charge >= 0.3 is 0 Å². The lowest BCUT2D eigenvalue weighted by Gasteiger charge is -2.32. The van der Waals surface area contributed by atoms with Gasteiger partial charge in [-0.1, -0.05) is 37.5 Å². The summed E-state index contributed by atoms with van der Waals surface area (Å²) in [6, 6.07) is 4.73. The van der Waals surface area contributed by atoms with Gasteiger partial charge in [-0.15, -0.1) is 0 Å². The molecule has 8 heteroatoms. The van der Waals surface area contributed by atoms with Crippen molar-refractivity contribution in [1.82, 2.24) is 14.4 Å². The second kappa shape index (κ2) is 9.11. The van der Waals surface area contributed by atoms with Crippen molar-refractivity contribution < 1.29 is 12.9 Å². The molecular formula is C20H30ClN3O3S. The Kier molecular flexibility index (Phi) is 7.02. The summed E-state index contributed by atoms with van der Waals surface area (Å²) in [6.45, 7) is 11.1. The van der Waals surface area contributed by atoms with Gasteiger partial charge in [-0.05, 0) is 62.4 Å². The second-order valence-corrected chi connectivity index (χ2v) is 10.4. The molecule has 0 spiro atoms. The van der Waals surface area contributed by atoms with Crippen molar-refractivity contribution in [3.63, 3.8) is 0 Å². The van der Waals surface area contributed by atoms with Crippen LogP contribution in [0.2, 0.25) is 5.15 Å². The third-order valence-electron chi connectivity index (χ3n) is 5.53. The van der Waals surface area contributed by atoms with Crippen LogP contribution in [0.25, 0.3) is 11.0 Å². The summed E-state index contributed by atoms with van der Waals surface area (Å²) < 4.78 is 32.7. The molecule has 1 saturated heterocycles. The number of hydrogen-bond acceptors (Lipinski definition) is 5. The lowest BCUT2D eigenvalue weighted by molar-refractivity contribution is 0.205. The number of nitrogens with zero attached hydrogens (tertiary/aromatic N) is 3. The Labute approximate surface area is 172 Å². The lowest BCUT2D eigenvalue weighted by Crippen LogP contribution is -2.39. The van der Waals surface area contributed by atoms with Crippen molar-refractivity contribution in [2.24, 2.45) is 11.8 Å². The van der Waals surface area contributed by atoms with E-state index in [0.717, 1.165) is 38.9 Å². The first-order chi connectivity index (χ1) is 13.3. The molecule has 0 atom stereocenters. The first-order valence-corrected chi connectivity index (χ1v) is 11.9. The normalized spacial score (nSPS) is 17.2. The van der Waals surface area contributed by atoms with E-state index in [1.54, 1.807) is 22.5 Å². The van der Waals surface area contributed by atoms with Crippen molar-refractivity contribution in [2.45, 2.75) is 44.9 Å². The summed E-state index contributed by atoms with van der Waals surface area (Å²) in [7, 11) is -3.53. The number of rotatable bonds is 8. The fraction of sp³-hybridized carbons (Fsp3) is 0.650. The van der Waals surface area contributed by atoms with Gasteiger partial charge in [0.25, 0.3) is 0 Å². The molecule has 156 valence electrons. The zero-order chi connectivity index (χ0) is 20.3. The van der Waals surface area contributed by atoms with E-state index in [2.05, 4.69) is 30.8 Å². The topological polar surface area (TPSA) is 66.7 Å². The highest BCUT2D eigenvalue weighted by Gasteiger charge is 2.30. The van der Waals surface area contributed by atoms with Crippen molar-refractivity contribution in [1.29, 1.82) is 0 Å². The molecular weight excluding hydrogens is 398 g/mol. The largest absolute Gasteiger partial charge is 0.355 e. The predicted molar refractivity (Wildman–Crippen MR) is 112 cm³/mol. The molecule has 1 aromatic heterocycles. The molecule has 0 amide bonds. The first-order valence-electron chi connectivity index (χ1n) is 10.1. The molecule has 2 aromatic rings. The molecule has 3 rings (SSSR count). The number of hydrogen-bond donors (Lipinski definition) is 0. The van der Waals surface area contributed by atoms with Crippen LogP contribution < -0.4 is 0 Å². The summed E-state index contributed by atoms with van der Waals surface area (Å²) in [5.41, 5.74) is 0.490. The average Bonchev–Trinajstić information content (AvgIpc) is 3.05. The molecule has 1 aliphatic heterocycles. The molecule has 0 N–H and O–H groups in total. The van der Waals surface area contributed by atoms with Crippen LogP contribution in [-0.4, -0.2) is 55.5 Å². The summed E-state index contributed by atoms with van der Waals surface area (Å²) in [4.78, 5) is 2.74. The molecule has 6 nitrogen and oxygen atoms in total. The molecule has 1 aromatic carbocycles. The Balaban J connectivity index is 1.59. The zero-order valence-electron chi connectivity index (χ0n) is 16.9. The quantitative estimate of drug-likeness (QED) is 0.630. The minimum absolute atomic E-state index is 0.188. The number of piperidine rings is 1. The van der Waals surface area contributed by atoms with Gasteiger partial charge in [0.1, 0.15) is 0 Å². The summed E-state index contributed by atoms with van der Waals surface area (Å²) in [5.74, 6) is 1.26. The molecule has 0 radical (unpaired) electrons. The molecule has 28 heavy (non-hydrogen) atoms. The third-order valence-corrected chi connectivity index (χ3v) is 7.70. The van der Waals surface area contributed by atoms with Crippen LogP contribution in [0.5, 0.6) is 0 Å². The van der Waals surface area contributed by atoms with Crippen LogP contribution in [0.15, 0.2) is 27.6 Å². The van der Waals surface area contributed by atoms with Gasteiger partial charge in [0.15, 0.2) is 10.7 Å². The van der Waals surface area contributed by atoms with Gasteiger partial charge in [-0.3, -0.25) is 0 Å². The highest BCUT2D eigenvalue weighted by molar-refractivity contribution is 7.89. The SMILES string of the molecule is CCN(CCC1CCN(S(=O)(=O)c2ccc3onc(Cl)c3c2)CC1)CC(C)C. The highest BCUT2D eigenvalue weighted by atomic mass is 35.5. The fourth-order valence-electron chi connectivity index (χ4n) is 3.90. The van der Waals surface area contributed by atoms with Crippen LogP contribution in [0.3, 0.4) is 0 Å². The van der Waals surface area contributed by atoms with E-state index >= 15 is 0 Å². The zero-order valence-corrected chi connectivity index (χ0v) is 18.5. The van der Waals surface area contributed by atoms with Gasteiger partial charge in [0.2, 0.25) is 10.0 Å². The monoisotopic (exact) mass is 427 g/mol. The standard InChI is InChI=1S/C20H30ClN3O3S/c1-4-23(14-15(2)3)10-7-16-8-11-24(12-9-16)28(25,26)17-5-6-19-18(13-17)20(21)22-27-19/h5-6,13,15-16H,4,7-12,14H2,1-3H3. The molecule has 2 heterocycles. The maximum absolute atomic E-state index is 13.0. The van der Waals surface area contributed by atoms with Gasteiger partial charge < -0.3 is 9.42 Å². The minimum Gasteiger partial charge on any atom is -0.355 e. The lowest BCUT2D eigenvalue weighted by atomic mass is 9.94. The number of aromatic nitrogens is 1. The van der Waals surface area contributed by atoms with E-state index < -0.39 is 10.0 Å². The van der Waals surface area contributed by atoms with Crippen molar-refractivity contribution in [3.8, 4) is 0 Å².